The molecule has 0 radical (unpaired) electrons. The van der Waals surface area contributed by atoms with Gasteiger partial charge < -0.3 is 5.32 Å². The molecule has 1 aliphatic rings. The van der Waals surface area contributed by atoms with Crippen LogP contribution in [0.25, 0.3) is 0 Å². The zero-order valence-electron chi connectivity index (χ0n) is 18.9. The quantitative estimate of drug-likeness (QED) is 0.586. The van der Waals surface area contributed by atoms with Crippen LogP contribution in [-0.4, -0.2) is 31.7 Å². The minimum atomic E-state index is -3.66. The molecule has 2 atom stereocenters. The summed E-state index contributed by atoms with van der Waals surface area (Å²) in [4.78, 5) is 13.0. The molecule has 2 aromatic rings. The number of carbonyl (C=O) groups excluding carboxylic acids is 1. The van der Waals surface area contributed by atoms with Crippen molar-refractivity contribution in [2.75, 3.05) is 13.1 Å². The Hall–Kier alpha value is -1.60. The van der Waals surface area contributed by atoms with E-state index in [2.05, 4.69) is 31.3 Å². The molecule has 174 valence electrons. The minimum Gasteiger partial charge on any atom is -0.349 e. The summed E-state index contributed by atoms with van der Waals surface area (Å²) >= 11 is 12.3. The fourth-order valence-corrected chi connectivity index (χ4v) is 6.57. The Morgan fingerprint density at radius 2 is 1.75 bits per heavy atom. The maximum Gasteiger partial charge on any atom is 0.224 e. The molecular formula is C24H30Cl2N2O3S. The van der Waals surface area contributed by atoms with Gasteiger partial charge in [-0.05, 0) is 74.9 Å². The Morgan fingerprint density at radius 1 is 1.12 bits per heavy atom. The zero-order chi connectivity index (χ0) is 23.6. The molecule has 8 heteroatoms. The molecule has 0 saturated carbocycles. The smallest absolute Gasteiger partial charge is 0.224 e. The molecule has 1 aliphatic heterocycles. The highest BCUT2D eigenvalue weighted by Gasteiger charge is 2.33. The predicted molar refractivity (Wildman–Crippen MR) is 131 cm³/mol. The van der Waals surface area contributed by atoms with Crippen LogP contribution in [0.2, 0.25) is 10.0 Å². The second-order valence-electron chi connectivity index (χ2n) is 8.68. The average Bonchev–Trinajstić information content (AvgIpc) is 2.73. The van der Waals surface area contributed by atoms with Gasteiger partial charge in [-0.3, -0.25) is 4.79 Å². The number of rotatable bonds is 6. The van der Waals surface area contributed by atoms with Crippen molar-refractivity contribution in [3.05, 3.63) is 68.2 Å². The number of amides is 1. The molecule has 1 saturated heterocycles. The SMILES string of the molecule is Cc1cc(C)c([C@@H](C)NC(=O)[C@@H]2CCCN(S(=O)(=O)Cc3c(Cl)cccc3Cl)C2)cc1C. The molecule has 0 aliphatic carbocycles. The van der Waals surface area contributed by atoms with Crippen molar-refractivity contribution in [1.82, 2.24) is 9.62 Å². The zero-order valence-corrected chi connectivity index (χ0v) is 21.2. The number of nitrogens with zero attached hydrogens (tertiary/aromatic N) is 1. The Morgan fingerprint density at radius 3 is 2.41 bits per heavy atom. The number of aryl methyl sites for hydroxylation is 3. The van der Waals surface area contributed by atoms with Crippen molar-refractivity contribution < 1.29 is 13.2 Å². The van der Waals surface area contributed by atoms with E-state index in [-0.39, 0.29) is 24.2 Å². The van der Waals surface area contributed by atoms with E-state index in [1.807, 2.05) is 13.8 Å². The first-order valence-electron chi connectivity index (χ1n) is 10.8. The number of hydrogen-bond donors (Lipinski definition) is 1. The number of sulfonamides is 1. The molecule has 5 nitrogen and oxygen atoms in total. The first-order chi connectivity index (χ1) is 15.0. The Balaban J connectivity index is 1.70. The number of benzene rings is 2. The van der Waals surface area contributed by atoms with Gasteiger partial charge in [-0.1, -0.05) is 41.4 Å². The molecule has 0 spiro atoms. The van der Waals surface area contributed by atoms with Crippen molar-refractivity contribution in [3.8, 4) is 0 Å². The van der Waals surface area contributed by atoms with Gasteiger partial charge in [0.05, 0.1) is 17.7 Å². The molecule has 1 fully saturated rings. The van der Waals surface area contributed by atoms with Gasteiger partial charge in [0.25, 0.3) is 0 Å². The third-order valence-corrected chi connectivity index (χ3v) is 8.72. The van der Waals surface area contributed by atoms with Crippen LogP contribution in [0.1, 0.15) is 53.6 Å². The molecule has 1 heterocycles. The second kappa shape index (κ2) is 10.1. The van der Waals surface area contributed by atoms with Crippen LogP contribution >= 0.6 is 23.2 Å². The summed E-state index contributed by atoms with van der Waals surface area (Å²) < 4.78 is 27.5. The number of nitrogens with one attached hydrogen (secondary N) is 1. The van der Waals surface area contributed by atoms with Gasteiger partial charge in [0.2, 0.25) is 15.9 Å². The normalized spacial score (nSPS) is 18.4. The summed E-state index contributed by atoms with van der Waals surface area (Å²) in [6.45, 7) is 8.68. The fraction of sp³-hybridized carbons (Fsp3) is 0.458. The molecular weight excluding hydrogens is 467 g/mol. The lowest BCUT2D eigenvalue weighted by atomic mass is 9.95. The maximum atomic E-state index is 13.1. The minimum absolute atomic E-state index is 0.120. The van der Waals surface area contributed by atoms with Crippen LogP contribution in [0.3, 0.4) is 0 Å². The Kier molecular flexibility index (Phi) is 7.92. The van der Waals surface area contributed by atoms with Gasteiger partial charge in [-0.2, -0.15) is 0 Å². The van der Waals surface area contributed by atoms with Gasteiger partial charge in [0.1, 0.15) is 0 Å². The van der Waals surface area contributed by atoms with E-state index in [0.717, 1.165) is 11.1 Å². The molecule has 0 aromatic heterocycles. The third-order valence-electron chi connectivity index (χ3n) is 6.24. The number of hydrogen-bond acceptors (Lipinski definition) is 3. The fourth-order valence-electron chi connectivity index (χ4n) is 4.21. The van der Waals surface area contributed by atoms with Crippen LogP contribution in [0, 0.1) is 26.7 Å². The summed E-state index contributed by atoms with van der Waals surface area (Å²) in [5.74, 6) is -0.793. The van der Waals surface area contributed by atoms with Crippen molar-refractivity contribution in [3.63, 3.8) is 0 Å². The summed E-state index contributed by atoms with van der Waals surface area (Å²) in [5, 5.41) is 3.74. The summed E-state index contributed by atoms with van der Waals surface area (Å²) in [6.07, 6.45) is 1.29. The van der Waals surface area contributed by atoms with Gasteiger partial charge in [-0.25, -0.2) is 12.7 Å². The molecule has 3 rings (SSSR count). The molecule has 0 bridgehead atoms. The molecule has 1 amide bonds. The van der Waals surface area contributed by atoms with Crippen LogP contribution < -0.4 is 5.32 Å². The van der Waals surface area contributed by atoms with Crippen molar-refractivity contribution in [1.29, 1.82) is 0 Å². The summed E-state index contributed by atoms with van der Waals surface area (Å²) in [6, 6.07) is 9.01. The van der Waals surface area contributed by atoms with Crippen LogP contribution in [0.4, 0.5) is 0 Å². The highest BCUT2D eigenvalue weighted by molar-refractivity contribution is 7.88. The van der Waals surface area contributed by atoms with E-state index >= 15 is 0 Å². The second-order valence-corrected chi connectivity index (χ2v) is 11.5. The van der Waals surface area contributed by atoms with E-state index in [9.17, 15) is 13.2 Å². The summed E-state index contributed by atoms with van der Waals surface area (Å²) in [5.41, 5.74) is 5.00. The van der Waals surface area contributed by atoms with Gasteiger partial charge in [0, 0.05) is 28.7 Å². The van der Waals surface area contributed by atoms with Crippen LogP contribution in [0.15, 0.2) is 30.3 Å². The molecule has 0 unspecified atom stereocenters. The average molecular weight is 497 g/mol. The molecule has 1 N–H and O–H groups in total. The summed E-state index contributed by atoms with van der Waals surface area (Å²) in [7, 11) is -3.66. The van der Waals surface area contributed by atoms with E-state index in [0.29, 0.717) is 35.0 Å². The van der Waals surface area contributed by atoms with E-state index < -0.39 is 15.9 Å². The Labute approximate surface area is 201 Å². The maximum absolute atomic E-state index is 13.1. The lowest BCUT2D eigenvalue weighted by Crippen LogP contribution is -2.46. The van der Waals surface area contributed by atoms with Crippen LogP contribution in [-0.2, 0) is 20.6 Å². The van der Waals surface area contributed by atoms with Gasteiger partial charge in [-0.15, -0.1) is 0 Å². The van der Waals surface area contributed by atoms with Gasteiger partial charge >= 0.3 is 0 Å². The van der Waals surface area contributed by atoms with Crippen molar-refractivity contribution in [2.24, 2.45) is 5.92 Å². The standard InChI is InChI=1S/C24H30Cl2N2O3S/c1-15-11-17(3)20(12-16(15)2)18(4)27-24(29)19-7-6-10-28(13-19)32(30,31)14-21-22(25)8-5-9-23(21)26/h5,8-9,11-12,18-19H,6-7,10,13-14H2,1-4H3,(H,27,29)/t18-,19-/m1/s1. The molecule has 32 heavy (non-hydrogen) atoms. The monoisotopic (exact) mass is 496 g/mol. The van der Waals surface area contributed by atoms with E-state index in [1.165, 1.54) is 15.4 Å². The number of carbonyl (C=O) groups is 1. The highest BCUT2D eigenvalue weighted by Crippen LogP contribution is 2.29. The van der Waals surface area contributed by atoms with E-state index in [1.54, 1.807) is 18.2 Å². The Bertz CT molecular complexity index is 1100. The highest BCUT2D eigenvalue weighted by atomic mass is 35.5. The largest absolute Gasteiger partial charge is 0.349 e. The first-order valence-corrected chi connectivity index (χ1v) is 13.1. The number of halogens is 2. The lowest BCUT2D eigenvalue weighted by molar-refractivity contribution is -0.126. The van der Waals surface area contributed by atoms with Crippen molar-refractivity contribution in [2.45, 2.75) is 52.3 Å². The first kappa shape index (κ1) is 25.0. The molecule has 2 aromatic carbocycles. The predicted octanol–water partition coefficient (Wildman–Crippen LogP) is 5.34. The van der Waals surface area contributed by atoms with Gasteiger partial charge in [0.15, 0.2) is 0 Å². The topological polar surface area (TPSA) is 66.5 Å². The van der Waals surface area contributed by atoms with Crippen LogP contribution in [0.5, 0.6) is 0 Å². The third kappa shape index (κ3) is 5.66. The van der Waals surface area contributed by atoms with Crippen molar-refractivity contribution >= 4 is 39.1 Å². The lowest BCUT2D eigenvalue weighted by Gasteiger charge is -2.32. The number of piperidine rings is 1. The van der Waals surface area contributed by atoms with E-state index in [4.69, 9.17) is 23.2 Å².